The molecular weight excluding hydrogens is 286 g/mol. The van der Waals surface area contributed by atoms with Gasteiger partial charge in [0, 0.05) is 26.3 Å². The predicted octanol–water partition coefficient (Wildman–Crippen LogP) is 0.439. The number of aliphatic hydroxyl groups excluding tert-OH is 1. The molecule has 0 aliphatic heterocycles. The van der Waals surface area contributed by atoms with Crippen LogP contribution in [0.1, 0.15) is 11.3 Å². The van der Waals surface area contributed by atoms with Crippen LogP contribution in [0.5, 0.6) is 0 Å². The van der Waals surface area contributed by atoms with E-state index in [-0.39, 0.29) is 6.42 Å². The molecular formula is C15H19N3O4. The van der Waals surface area contributed by atoms with E-state index < -0.39 is 18.4 Å². The van der Waals surface area contributed by atoms with Crippen LogP contribution in [0.2, 0.25) is 0 Å². The Morgan fingerprint density at radius 3 is 2.77 bits per heavy atom. The van der Waals surface area contributed by atoms with E-state index in [2.05, 4.69) is 15.0 Å². The molecule has 0 radical (unpaired) electrons. The fourth-order valence-electron chi connectivity index (χ4n) is 2.06. The summed E-state index contributed by atoms with van der Waals surface area (Å²) in [6, 6.07) is 8.92. The molecule has 7 nitrogen and oxygen atoms in total. The van der Waals surface area contributed by atoms with Crippen molar-refractivity contribution in [2.45, 2.75) is 25.4 Å². The number of rotatable bonds is 8. The van der Waals surface area contributed by atoms with E-state index in [0.29, 0.717) is 12.2 Å². The lowest BCUT2D eigenvalue weighted by Gasteiger charge is -2.16. The zero-order chi connectivity index (χ0) is 15.9. The average molecular weight is 305 g/mol. The van der Waals surface area contributed by atoms with Crippen molar-refractivity contribution in [2.75, 3.05) is 7.11 Å². The quantitative estimate of drug-likeness (QED) is 0.612. The van der Waals surface area contributed by atoms with Gasteiger partial charge in [0.15, 0.2) is 0 Å². The number of aliphatic hydroxyl groups is 1. The molecule has 2 aromatic rings. The van der Waals surface area contributed by atoms with E-state index in [1.54, 1.807) is 12.5 Å². The number of imidazole rings is 1. The zero-order valence-electron chi connectivity index (χ0n) is 12.2. The molecule has 118 valence electrons. The van der Waals surface area contributed by atoms with E-state index in [9.17, 15) is 9.90 Å². The first-order chi connectivity index (χ1) is 10.6. The molecule has 2 unspecified atom stereocenters. The molecule has 0 fully saturated rings. The molecule has 0 aliphatic rings. The Balaban J connectivity index is 1.99. The number of benzene rings is 1. The number of nitrogens with zero attached hydrogens (tertiary/aromatic N) is 2. The van der Waals surface area contributed by atoms with Crippen molar-refractivity contribution in [1.29, 1.82) is 0 Å². The third kappa shape index (κ3) is 4.66. The SMILES string of the molecule is COC(O)NC(Cc1cn(Cc2ccccc2)cn1)C(=O)O. The molecule has 1 aromatic carbocycles. The summed E-state index contributed by atoms with van der Waals surface area (Å²) >= 11 is 0. The average Bonchev–Trinajstić information content (AvgIpc) is 2.94. The summed E-state index contributed by atoms with van der Waals surface area (Å²) < 4.78 is 6.49. The van der Waals surface area contributed by atoms with E-state index in [1.807, 2.05) is 34.9 Å². The minimum Gasteiger partial charge on any atom is -0.480 e. The summed E-state index contributed by atoms with van der Waals surface area (Å²) in [7, 11) is 1.28. The first-order valence-electron chi connectivity index (χ1n) is 6.83. The van der Waals surface area contributed by atoms with Gasteiger partial charge in [0.1, 0.15) is 6.04 Å². The van der Waals surface area contributed by atoms with Gasteiger partial charge in [0.05, 0.1) is 12.0 Å². The summed E-state index contributed by atoms with van der Waals surface area (Å²) in [6.45, 7) is 0.666. The maximum atomic E-state index is 11.2. The summed E-state index contributed by atoms with van der Waals surface area (Å²) in [4.78, 5) is 15.4. The van der Waals surface area contributed by atoms with Crippen molar-refractivity contribution in [3.8, 4) is 0 Å². The van der Waals surface area contributed by atoms with E-state index in [0.717, 1.165) is 5.56 Å². The lowest BCUT2D eigenvalue weighted by Crippen LogP contribution is -2.45. The molecule has 0 saturated carbocycles. The Labute approximate surface area is 128 Å². The van der Waals surface area contributed by atoms with Crippen molar-refractivity contribution in [3.05, 3.63) is 54.1 Å². The maximum absolute atomic E-state index is 11.2. The lowest BCUT2D eigenvalue weighted by molar-refractivity contribution is -0.147. The molecule has 0 spiro atoms. The van der Waals surface area contributed by atoms with Crippen LogP contribution in [-0.2, 0) is 22.5 Å². The van der Waals surface area contributed by atoms with Gasteiger partial charge in [-0.05, 0) is 5.56 Å². The van der Waals surface area contributed by atoms with Gasteiger partial charge in [-0.1, -0.05) is 30.3 Å². The Hall–Kier alpha value is -2.22. The van der Waals surface area contributed by atoms with Crippen LogP contribution in [0, 0.1) is 0 Å². The van der Waals surface area contributed by atoms with Gasteiger partial charge >= 0.3 is 5.97 Å². The van der Waals surface area contributed by atoms with Crippen LogP contribution < -0.4 is 5.32 Å². The van der Waals surface area contributed by atoms with Crippen molar-refractivity contribution < 1.29 is 19.7 Å². The Kier molecular flexibility index (Phi) is 5.65. The molecule has 2 rings (SSSR count). The molecule has 0 bridgehead atoms. The van der Waals surface area contributed by atoms with Gasteiger partial charge < -0.3 is 19.5 Å². The molecule has 22 heavy (non-hydrogen) atoms. The van der Waals surface area contributed by atoms with Crippen LogP contribution in [0.25, 0.3) is 0 Å². The van der Waals surface area contributed by atoms with E-state index in [1.165, 1.54) is 7.11 Å². The minimum atomic E-state index is -1.33. The first kappa shape index (κ1) is 16.2. The van der Waals surface area contributed by atoms with Gasteiger partial charge in [-0.2, -0.15) is 0 Å². The number of methoxy groups -OCH3 is 1. The summed E-state index contributed by atoms with van der Waals surface area (Å²) in [5.74, 6) is -1.08. The standard InChI is InChI=1S/C15H19N3O4/c1-22-15(21)17-13(14(19)20)7-12-9-18(10-16-12)8-11-5-3-2-4-6-11/h2-6,9-10,13,15,17,21H,7-8H2,1H3,(H,19,20). The Bertz CT molecular complexity index is 600. The van der Waals surface area contributed by atoms with Crippen molar-refractivity contribution >= 4 is 5.97 Å². The molecule has 0 saturated heterocycles. The fraction of sp³-hybridized carbons (Fsp3) is 0.333. The highest BCUT2D eigenvalue weighted by Gasteiger charge is 2.21. The Morgan fingerprint density at radius 2 is 2.14 bits per heavy atom. The van der Waals surface area contributed by atoms with Crippen LogP contribution in [0.3, 0.4) is 0 Å². The summed E-state index contributed by atoms with van der Waals surface area (Å²) in [5.41, 5.74) is 1.76. The normalized spacial score (nSPS) is 13.7. The second kappa shape index (κ2) is 7.69. The second-order valence-electron chi connectivity index (χ2n) is 4.87. The third-order valence-electron chi connectivity index (χ3n) is 3.17. The highest BCUT2D eigenvalue weighted by atomic mass is 16.6. The highest BCUT2D eigenvalue weighted by molar-refractivity contribution is 5.73. The lowest BCUT2D eigenvalue weighted by atomic mass is 10.1. The Morgan fingerprint density at radius 1 is 1.41 bits per heavy atom. The maximum Gasteiger partial charge on any atom is 0.321 e. The van der Waals surface area contributed by atoms with Gasteiger partial charge in [0.25, 0.3) is 0 Å². The molecule has 0 amide bonds. The molecule has 1 heterocycles. The van der Waals surface area contributed by atoms with Gasteiger partial charge in [0.2, 0.25) is 6.41 Å². The topological polar surface area (TPSA) is 96.6 Å². The molecule has 2 atom stereocenters. The van der Waals surface area contributed by atoms with Crippen LogP contribution in [0.4, 0.5) is 0 Å². The number of carboxylic acids is 1. The van der Waals surface area contributed by atoms with E-state index >= 15 is 0 Å². The van der Waals surface area contributed by atoms with Gasteiger partial charge in [-0.3, -0.25) is 10.1 Å². The third-order valence-corrected chi connectivity index (χ3v) is 3.17. The second-order valence-corrected chi connectivity index (χ2v) is 4.87. The molecule has 1 aromatic heterocycles. The highest BCUT2D eigenvalue weighted by Crippen LogP contribution is 2.06. The number of carboxylic acid groups (broad SMARTS) is 1. The molecule has 0 aliphatic carbocycles. The number of aliphatic carboxylic acids is 1. The van der Waals surface area contributed by atoms with Crippen LogP contribution in [-0.4, -0.2) is 45.3 Å². The largest absolute Gasteiger partial charge is 0.480 e. The number of hydrogen-bond donors (Lipinski definition) is 3. The molecule has 3 N–H and O–H groups in total. The van der Waals surface area contributed by atoms with Crippen molar-refractivity contribution in [1.82, 2.24) is 14.9 Å². The summed E-state index contributed by atoms with van der Waals surface area (Å²) in [6.07, 6.45) is 2.28. The fourth-order valence-corrected chi connectivity index (χ4v) is 2.06. The molecule has 7 heteroatoms. The zero-order valence-corrected chi connectivity index (χ0v) is 12.2. The van der Waals surface area contributed by atoms with Crippen LogP contribution in [0.15, 0.2) is 42.9 Å². The number of hydrogen-bond acceptors (Lipinski definition) is 5. The van der Waals surface area contributed by atoms with Crippen molar-refractivity contribution in [2.24, 2.45) is 0 Å². The predicted molar refractivity (Wildman–Crippen MR) is 79.1 cm³/mol. The number of nitrogens with one attached hydrogen (secondary N) is 1. The van der Waals surface area contributed by atoms with Crippen LogP contribution >= 0.6 is 0 Å². The van der Waals surface area contributed by atoms with Gasteiger partial charge in [-0.15, -0.1) is 0 Å². The van der Waals surface area contributed by atoms with Gasteiger partial charge in [-0.25, -0.2) is 4.98 Å². The number of aromatic nitrogens is 2. The summed E-state index contributed by atoms with van der Waals surface area (Å²) in [5, 5.41) is 20.9. The monoisotopic (exact) mass is 305 g/mol. The minimum absolute atomic E-state index is 0.150. The first-order valence-corrected chi connectivity index (χ1v) is 6.83. The number of carbonyl (C=O) groups is 1. The number of ether oxygens (including phenoxy) is 1. The van der Waals surface area contributed by atoms with Crippen molar-refractivity contribution in [3.63, 3.8) is 0 Å². The smallest absolute Gasteiger partial charge is 0.321 e. The van der Waals surface area contributed by atoms with E-state index in [4.69, 9.17) is 5.11 Å².